The molecule has 3 aromatic heterocycles. The van der Waals surface area contributed by atoms with Crippen LogP contribution in [0.4, 0.5) is 5.69 Å². The molecule has 0 saturated carbocycles. The van der Waals surface area contributed by atoms with Crippen molar-refractivity contribution in [3.05, 3.63) is 107 Å². The summed E-state index contributed by atoms with van der Waals surface area (Å²) in [6.07, 6.45) is 4.34. The van der Waals surface area contributed by atoms with Gasteiger partial charge in [-0.15, -0.1) is 0 Å². The third-order valence-corrected chi connectivity index (χ3v) is 10.3. The number of rotatable bonds is 13. The highest BCUT2D eigenvalue weighted by Gasteiger charge is 2.23. The summed E-state index contributed by atoms with van der Waals surface area (Å²) in [5.41, 5.74) is 8.46. The summed E-state index contributed by atoms with van der Waals surface area (Å²) in [5.74, 6) is -0.712. The smallest absolute Gasteiger partial charge is 0.270 e. The molecule has 12 nitrogen and oxygen atoms in total. The zero-order valence-corrected chi connectivity index (χ0v) is 31.5. The molecule has 4 N–H and O–H groups in total. The van der Waals surface area contributed by atoms with E-state index in [1.165, 1.54) is 5.56 Å². The minimum Gasteiger partial charge on any atom is -0.381 e. The van der Waals surface area contributed by atoms with E-state index in [-0.39, 0.29) is 35.8 Å². The van der Waals surface area contributed by atoms with E-state index < -0.39 is 0 Å². The van der Waals surface area contributed by atoms with Gasteiger partial charge < -0.3 is 26.0 Å². The predicted octanol–water partition coefficient (Wildman–Crippen LogP) is 5.32. The molecular formula is C42H51N9O3. The van der Waals surface area contributed by atoms with Gasteiger partial charge in [0.1, 0.15) is 11.4 Å². The molecule has 2 saturated heterocycles. The SMILES string of the molecule is CCc1nc2c(cnn2CC)c(NC2CCOCC2)c1CNC(=O)c1cccc(C(=O)NCc2cccc(-c3cccc(CN4CCN[C@H](C)C4)c3)c2)n1. The van der Waals surface area contributed by atoms with E-state index in [1.54, 1.807) is 18.2 Å². The molecule has 2 fully saturated rings. The highest BCUT2D eigenvalue weighted by molar-refractivity contribution is 5.97. The van der Waals surface area contributed by atoms with Crippen molar-refractivity contribution in [1.82, 2.24) is 40.6 Å². The molecular weight excluding hydrogens is 679 g/mol. The highest BCUT2D eigenvalue weighted by atomic mass is 16.5. The van der Waals surface area contributed by atoms with Crippen molar-refractivity contribution in [2.24, 2.45) is 0 Å². The molecule has 54 heavy (non-hydrogen) atoms. The van der Waals surface area contributed by atoms with Gasteiger partial charge in [-0.25, -0.2) is 14.6 Å². The van der Waals surface area contributed by atoms with E-state index in [4.69, 9.17) is 9.72 Å². The molecule has 0 spiro atoms. The lowest BCUT2D eigenvalue weighted by Gasteiger charge is -2.31. The van der Waals surface area contributed by atoms with Gasteiger partial charge >= 0.3 is 0 Å². The van der Waals surface area contributed by atoms with Gasteiger partial charge in [-0.3, -0.25) is 14.5 Å². The first-order chi connectivity index (χ1) is 26.4. The molecule has 2 aliphatic rings. The Hall–Kier alpha value is -5.17. The summed E-state index contributed by atoms with van der Waals surface area (Å²) >= 11 is 0. The molecule has 2 amide bonds. The van der Waals surface area contributed by atoms with Gasteiger partial charge in [-0.2, -0.15) is 5.10 Å². The number of amides is 2. The number of carbonyl (C=O) groups is 2. The molecule has 0 bridgehead atoms. The third-order valence-electron chi connectivity index (χ3n) is 10.3. The third kappa shape index (κ3) is 8.78. The molecule has 2 aliphatic heterocycles. The van der Waals surface area contributed by atoms with Gasteiger partial charge in [0.05, 0.1) is 17.3 Å². The highest BCUT2D eigenvalue weighted by Crippen LogP contribution is 2.31. The van der Waals surface area contributed by atoms with Crippen LogP contribution >= 0.6 is 0 Å². The molecule has 2 aromatic carbocycles. The number of anilines is 1. The van der Waals surface area contributed by atoms with Crippen LogP contribution in [0.1, 0.15) is 77.0 Å². The zero-order valence-electron chi connectivity index (χ0n) is 31.5. The summed E-state index contributed by atoms with van der Waals surface area (Å²) in [6.45, 7) is 13.1. The maximum absolute atomic E-state index is 13.5. The number of hydrogen-bond donors (Lipinski definition) is 4. The first-order valence-corrected chi connectivity index (χ1v) is 19.3. The molecule has 0 unspecified atom stereocenters. The summed E-state index contributed by atoms with van der Waals surface area (Å²) in [5, 5.41) is 18.8. The van der Waals surface area contributed by atoms with Crippen molar-refractivity contribution >= 4 is 28.5 Å². The van der Waals surface area contributed by atoms with Crippen LogP contribution in [0.3, 0.4) is 0 Å². The minimum absolute atomic E-state index is 0.171. The fraction of sp³-hybridized carbons (Fsp3) is 0.405. The largest absolute Gasteiger partial charge is 0.381 e. The fourth-order valence-corrected chi connectivity index (χ4v) is 7.44. The van der Waals surface area contributed by atoms with Gasteiger partial charge in [0.25, 0.3) is 11.8 Å². The lowest BCUT2D eigenvalue weighted by atomic mass is 10.0. The van der Waals surface area contributed by atoms with Crippen LogP contribution in [0.15, 0.2) is 72.9 Å². The van der Waals surface area contributed by atoms with Gasteiger partial charge in [-0.05, 0) is 79.6 Å². The van der Waals surface area contributed by atoms with E-state index in [0.29, 0.717) is 38.8 Å². The number of hydrogen-bond acceptors (Lipinski definition) is 9. The number of nitrogens with one attached hydrogen (secondary N) is 4. The molecule has 5 aromatic rings. The Balaban J connectivity index is 1.00. The van der Waals surface area contributed by atoms with Crippen molar-refractivity contribution in [1.29, 1.82) is 0 Å². The van der Waals surface area contributed by atoms with Crippen LogP contribution in [0.5, 0.6) is 0 Å². The maximum atomic E-state index is 13.5. The number of aryl methyl sites for hydroxylation is 2. The monoisotopic (exact) mass is 729 g/mol. The van der Waals surface area contributed by atoms with Crippen molar-refractivity contribution in [3.8, 4) is 11.1 Å². The summed E-state index contributed by atoms with van der Waals surface area (Å²) in [7, 11) is 0. The predicted molar refractivity (Wildman–Crippen MR) is 211 cm³/mol. The van der Waals surface area contributed by atoms with Crippen molar-refractivity contribution in [3.63, 3.8) is 0 Å². The summed E-state index contributed by atoms with van der Waals surface area (Å²) in [4.78, 5) is 38.8. The number of ether oxygens (including phenoxy) is 1. The average molecular weight is 730 g/mol. The van der Waals surface area contributed by atoms with Crippen LogP contribution in [0, 0.1) is 0 Å². The molecule has 7 rings (SSSR count). The Morgan fingerprint density at radius 1 is 0.889 bits per heavy atom. The normalized spacial score (nSPS) is 16.7. The second-order valence-electron chi connectivity index (χ2n) is 14.3. The van der Waals surface area contributed by atoms with Crippen molar-refractivity contribution in [2.75, 3.05) is 38.2 Å². The second kappa shape index (κ2) is 17.3. The molecule has 282 valence electrons. The Morgan fingerprint density at radius 3 is 2.28 bits per heavy atom. The molecule has 5 heterocycles. The van der Waals surface area contributed by atoms with E-state index in [1.807, 2.05) is 23.0 Å². The topological polar surface area (TPSA) is 138 Å². The first kappa shape index (κ1) is 37.2. The number of benzene rings is 2. The minimum atomic E-state index is -0.366. The number of pyridine rings is 2. The van der Waals surface area contributed by atoms with E-state index in [9.17, 15) is 9.59 Å². The number of aromatic nitrogens is 4. The quantitative estimate of drug-likeness (QED) is 0.127. The number of nitrogens with zero attached hydrogens (tertiary/aromatic N) is 5. The molecule has 0 aliphatic carbocycles. The van der Waals surface area contributed by atoms with Crippen molar-refractivity contribution in [2.45, 2.75) is 78.3 Å². The van der Waals surface area contributed by atoms with Crippen LogP contribution < -0.4 is 21.3 Å². The zero-order chi connectivity index (χ0) is 37.4. The number of carbonyl (C=O) groups excluding carboxylic acids is 2. The Labute approximate surface area is 317 Å². The van der Waals surface area contributed by atoms with Crippen LogP contribution in [-0.4, -0.2) is 81.4 Å². The molecule has 1 atom stereocenters. The number of piperazine rings is 1. The van der Waals surface area contributed by atoms with Gasteiger partial charge in [0.15, 0.2) is 5.65 Å². The Kier molecular flexibility index (Phi) is 11.9. The first-order valence-electron chi connectivity index (χ1n) is 19.3. The van der Waals surface area contributed by atoms with Crippen LogP contribution in [0.2, 0.25) is 0 Å². The Morgan fingerprint density at radius 2 is 1.57 bits per heavy atom. The van der Waals surface area contributed by atoms with Crippen LogP contribution in [0.25, 0.3) is 22.2 Å². The van der Waals surface area contributed by atoms with Crippen LogP contribution in [-0.2, 0) is 37.3 Å². The summed E-state index contributed by atoms with van der Waals surface area (Å²) in [6, 6.07) is 22.6. The lowest BCUT2D eigenvalue weighted by Crippen LogP contribution is -2.48. The summed E-state index contributed by atoms with van der Waals surface area (Å²) < 4.78 is 7.50. The maximum Gasteiger partial charge on any atom is 0.270 e. The Bertz CT molecular complexity index is 2090. The standard InChI is InChI=1S/C42H51N9O3/c1-4-36-34(39(47-33-15-19-54-20-16-33)35-25-46-51(5-2)40(35)49-36)24-45-42(53)38-14-8-13-37(48-38)41(52)44-23-29-9-6-11-31(21-29)32-12-7-10-30(22-32)27-50-18-17-43-28(3)26-50/h6-14,21-22,25,28,33,43H,4-5,15-20,23-24,26-27H2,1-3H3,(H,44,52)(H,45,53)(H,47,49)/t28-/m1/s1. The van der Waals surface area contributed by atoms with E-state index in [2.05, 4.69) is 93.4 Å². The molecule has 0 radical (unpaired) electrons. The van der Waals surface area contributed by atoms with Gasteiger partial charge in [0.2, 0.25) is 0 Å². The van der Waals surface area contributed by atoms with Gasteiger partial charge in [0, 0.05) is 82.4 Å². The van der Waals surface area contributed by atoms with E-state index >= 15 is 0 Å². The average Bonchev–Trinajstić information content (AvgIpc) is 3.63. The lowest BCUT2D eigenvalue weighted by molar-refractivity contribution is 0.0904. The molecule has 12 heteroatoms. The van der Waals surface area contributed by atoms with Gasteiger partial charge in [-0.1, -0.05) is 49.4 Å². The second-order valence-corrected chi connectivity index (χ2v) is 14.3. The number of fused-ring (bicyclic) bond motifs is 1. The van der Waals surface area contributed by atoms with E-state index in [0.717, 1.165) is 83.7 Å². The fourth-order valence-electron chi connectivity index (χ4n) is 7.44. The van der Waals surface area contributed by atoms with Crippen molar-refractivity contribution < 1.29 is 14.3 Å².